The van der Waals surface area contributed by atoms with Crippen molar-refractivity contribution in [3.05, 3.63) is 0 Å². The molecule has 0 aromatic heterocycles. The van der Waals surface area contributed by atoms with E-state index in [0.717, 1.165) is 58.4 Å². The summed E-state index contributed by atoms with van der Waals surface area (Å²) in [5.74, 6) is -0.646. The van der Waals surface area contributed by atoms with Crippen LogP contribution in [0.1, 0.15) is 39.5 Å². The van der Waals surface area contributed by atoms with E-state index in [2.05, 4.69) is 23.6 Å². The molecule has 1 N–H and O–H groups in total. The number of piperidine rings is 1. The van der Waals surface area contributed by atoms with Gasteiger partial charge in [-0.3, -0.25) is 9.69 Å². The van der Waals surface area contributed by atoms with Gasteiger partial charge in [-0.15, -0.1) is 0 Å². The number of carbonyl (C=O) groups is 1. The van der Waals surface area contributed by atoms with Crippen LogP contribution in [0.25, 0.3) is 0 Å². The molecule has 0 bridgehead atoms. The van der Waals surface area contributed by atoms with Crippen LogP contribution in [-0.4, -0.2) is 59.6 Å². The average molecular weight is 242 g/mol. The minimum Gasteiger partial charge on any atom is -0.480 e. The van der Waals surface area contributed by atoms with Gasteiger partial charge in [0.2, 0.25) is 0 Å². The molecule has 0 aliphatic carbocycles. The summed E-state index contributed by atoms with van der Waals surface area (Å²) >= 11 is 0. The first-order valence-corrected chi connectivity index (χ1v) is 6.88. The number of likely N-dealkylation sites (tertiary alicyclic amines) is 1. The van der Waals surface area contributed by atoms with Gasteiger partial charge in [0.1, 0.15) is 6.04 Å². The van der Waals surface area contributed by atoms with E-state index in [-0.39, 0.29) is 6.04 Å². The molecule has 0 aromatic carbocycles. The van der Waals surface area contributed by atoms with Crippen molar-refractivity contribution in [3.63, 3.8) is 0 Å². The third kappa shape index (κ3) is 4.64. The fourth-order valence-electron chi connectivity index (χ4n) is 2.58. The first-order valence-electron chi connectivity index (χ1n) is 6.88. The van der Waals surface area contributed by atoms with Gasteiger partial charge >= 0.3 is 5.97 Å². The van der Waals surface area contributed by atoms with Gasteiger partial charge in [0.15, 0.2) is 0 Å². The second-order valence-electron chi connectivity index (χ2n) is 4.77. The van der Waals surface area contributed by atoms with Crippen molar-refractivity contribution in [1.29, 1.82) is 0 Å². The smallest absolute Gasteiger partial charge is 0.320 e. The summed E-state index contributed by atoms with van der Waals surface area (Å²) in [5, 5.41) is 9.16. The van der Waals surface area contributed by atoms with Crippen LogP contribution in [0.3, 0.4) is 0 Å². The molecule has 100 valence electrons. The van der Waals surface area contributed by atoms with Crippen LogP contribution in [0, 0.1) is 0 Å². The average Bonchev–Trinajstić information content (AvgIpc) is 2.35. The van der Waals surface area contributed by atoms with Crippen molar-refractivity contribution in [2.45, 2.75) is 45.6 Å². The highest BCUT2D eigenvalue weighted by molar-refractivity contribution is 5.73. The molecule has 4 heteroatoms. The van der Waals surface area contributed by atoms with Gasteiger partial charge < -0.3 is 10.0 Å². The Balaban J connectivity index is 2.30. The molecule has 17 heavy (non-hydrogen) atoms. The van der Waals surface area contributed by atoms with E-state index in [0.29, 0.717) is 0 Å². The summed E-state index contributed by atoms with van der Waals surface area (Å²) in [6.45, 7) is 9.46. The van der Waals surface area contributed by atoms with Crippen LogP contribution in [0.5, 0.6) is 0 Å². The van der Waals surface area contributed by atoms with Crippen molar-refractivity contribution in [2.75, 3.05) is 32.7 Å². The number of aliphatic carboxylic acids is 1. The highest BCUT2D eigenvalue weighted by atomic mass is 16.4. The van der Waals surface area contributed by atoms with Gasteiger partial charge in [-0.2, -0.15) is 0 Å². The molecule has 0 saturated carbocycles. The molecule has 0 radical (unpaired) electrons. The first-order chi connectivity index (χ1) is 8.19. The maximum atomic E-state index is 11.1. The summed E-state index contributed by atoms with van der Waals surface area (Å²) < 4.78 is 0. The summed E-state index contributed by atoms with van der Waals surface area (Å²) in [6.07, 6.45) is 4.10. The summed E-state index contributed by atoms with van der Waals surface area (Å²) in [4.78, 5) is 15.7. The highest BCUT2D eigenvalue weighted by Crippen LogP contribution is 2.17. The Morgan fingerprint density at radius 1 is 1.35 bits per heavy atom. The first kappa shape index (κ1) is 14.5. The summed E-state index contributed by atoms with van der Waals surface area (Å²) in [7, 11) is 0. The molecule has 1 unspecified atom stereocenters. The van der Waals surface area contributed by atoms with Crippen LogP contribution in [-0.2, 0) is 4.79 Å². The quantitative estimate of drug-likeness (QED) is 0.737. The molecule has 1 atom stereocenters. The zero-order valence-corrected chi connectivity index (χ0v) is 11.2. The zero-order chi connectivity index (χ0) is 12.7. The van der Waals surface area contributed by atoms with Crippen LogP contribution in [0.15, 0.2) is 0 Å². The normalized spacial score (nSPS) is 21.9. The second-order valence-corrected chi connectivity index (χ2v) is 4.77. The third-order valence-corrected chi connectivity index (χ3v) is 3.71. The number of hydrogen-bond donors (Lipinski definition) is 1. The molecule has 1 saturated heterocycles. The fourth-order valence-corrected chi connectivity index (χ4v) is 2.58. The molecule has 0 amide bonds. The lowest BCUT2D eigenvalue weighted by Crippen LogP contribution is -2.45. The Bertz CT molecular complexity index is 229. The highest BCUT2D eigenvalue weighted by Gasteiger charge is 2.27. The van der Waals surface area contributed by atoms with E-state index >= 15 is 0 Å². The Labute approximate surface area is 105 Å². The number of nitrogens with zero attached hydrogens (tertiary/aromatic N) is 2. The Kier molecular flexibility index (Phi) is 6.52. The zero-order valence-electron chi connectivity index (χ0n) is 11.2. The molecular formula is C13H26N2O2. The van der Waals surface area contributed by atoms with Crippen molar-refractivity contribution < 1.29 is 9.90 Å². The lowest BCUT2D eigenvalue weighted by atomic mass is 10.0. The molecule has 1 heterocycles. The van der Waals surface area contributed by atoms with Crippen molar-refractivity contribution in [1.82, 2.24) is 9.80 Å². The minimum atomic E-state index is -0.646. The maximum Gasteiger partial charge on any atom is 0.320 e. The van der Waals surface area contributed by atoms with Gasteiger partial charge in [0, 0.05) is 6.54 Å². The molecule has 1 aliphatic rings. The molecule has 0 spiro atoms. The van der Waals surface area contributed by atoms with Crippen molar-refractivity contribution in [3.8, 4) is 0 Å². The van der Waals surface area contributed by atoms with E-state index in [4.69, 9.17) is 5.11 Å². The molecule has 1 rings (SSSR count). The van der Waals surface area contributed by atoms with E-state index < -0.39 is 5.97 Å². The Hall–Kier alpha value is -0.610. The van der Waals surface area contributed by atoms with Gasteiger partial charge in [0.05, 0.1) is 0 Å². The Morgan fingerprint density at radius 2 is 2.06 bits per heavy atom. The molecule has 1 aliphatic heterocycles. The monoisotopic (exact) mass is 242 g/mol. The van der Waals surface area contributed by atoms with E-state index in [1.165, 1.54) is 0 Å². The third-order valence-electron chi connectivity index (χ3n) is 3.71. The van der Waals surface area contributed by atoms with Crippen LogP contribution in [0.4, 0.5) is 0 Å². The van der Waals surface area contributed by atoms with E-state index in [1.54, 1.807) is 0 Å². The predicted octanol–water partition coefficient (Wildman–Crippen LogP) is 1.66. The summed E-state index contributed by atoms with van der Waals surface area (Å²) in [5.41, 5.74) is 0. The molecular weight excluding hydrogens is 216 g/mol. The second kappa shape index (κ2) is 7.67. The number of carboxylic acids is 1. The maximum absolute atomic E-state index is 11.1. The molecule has 0 aromatic rings. The predicted molar refractivity (Wildman–Crippen MR) is 69.3 cm³/mol. The fraction of sp³-hybridized carbons (Fsp3) is 0.923. The van der Waals surface area contributed by atoms with Crippen LogP contribution >= 0.6 is 0 Å². The lowest BCUT2D eigenvalue weighted by molar-refractivity contribution is -0.144. The molecule has 4 nitrogen and oxygen atoms in total. The number of rotatable bonds is 7. The topological polar surface area (TPSA) is 43.8 Å². The van der Waals surface area contributed by atoms with Crippen LogP contribution < -0.4 is 0 Å². The van der Waals surface area contributed by atoms with Gasteiger partial charge in [0.25, 0.3) is 0 Å². The Morgan fingerprint density at radius 3 is 2.65 bits per heavy atom. The number of carboxylic acid groups (broad SMARTS) is 1. The lowest BCUT2D eigenvalue weighted by Gasteiger charge is -2.33. The number of hydrogen-bond acceptors (Lipinski definition) is 3. The van der Waals surface area contributed by atoms with Gasteiger partial charge in [-0.1, -0.05) is 20.3 Å². The van der Waals surface area contributed by atoms with Crippen LogP contribution in [0.2, 0.25) is 0 Å². The van der Waals surface area contributed by atoms with E-state index in [9.17, 15) is 4.79 Å². The van der Waals surface area contributed by atoms with Crippen molar-refractivity contribution in [2.24, 2.45) is 0 Å². The SMILES string of the molecule is CCN(CC)CCCN1CCCCC1C(=O)O. The minimum absolute atomic E-state index is 0.236. The van der Waals surface area contributed by atoms with E-state index in [1.807, 2.05) is 0 Å². The largest absolute Gasteiger partial charge is 0.480 e. The molecule has 1 fully saturated rings. The van der Waals surface area contributed by atoms with Crippen molar-refractivity contribution >= 4 is 5.97 Å². The summed E-state index contributed by atoms with van der Waals surface area (Å²) in [6, 6.07) is -0.236. The standard InChI is InChI=1S/C13H26N2O2/c1-3-14(4-2)9-7-11-15-10-6-5-8-12(15)13(16)17/h12H,3-11H2,1-2H3,(H,16,17). The van der Waals surface area contributed by atoms with Gasteiger partial charge in [-0.25, -0.2) is 0 Å². The van der Waals surface area contributed by atoms with Gasteiger partial charge in [-0.05, 0) is 45.4 Å².